The lowest BCUT2D eigenvalue weighted by Crippen LogP contribution is -2.19. The summed E-state index contributed by atoms with van der Waals surface area (Å²) in [6.07, 6.45) is 8.54. The number of aryl methyl sites for hydroxylation is 1. The Morgan fingerprint density at radius 3 is 2.04 bits per heavy atom. The van der Waals surface area contributed by atoms with Crippen molar-refractivity contribution < 1.29 is 10.2 Å². The van der Waals surface area contributed by atoms with Gasteiger partial charge < -0.3 is 10.2 Å². The zero-order valence-corrected chi connectivity index (χ0v) is 17.5. The summed E-state index contributed by atoms with van der Waals surface area (Å²) in [5.74, 6) is 1.50. The molecule has 0 bridgehead atoms. The number of phenolic OH excluding ortho intramolecular Hbond substituents is 2. The van der Waals surface area contributed by atoms with Gasteiger partial charge in [-0.2, -0.15) is 0 Å². The van der Waals surface area contributed by atoms with Crippen molar-refractivity contribution in [3.63, 3.8) is 0 Å². The molecule has 0 saturated carbocycles. The second-order valence-electron chi connectivity index (χ2n) is 8.72. The number of phenols is 2. The molecule has 0 aliphatic carbocycles. The fraction of sp³-hybridized carbons (Fsp3) is 0.520. The number of aromatic hydroxyl groups is 2. The van der Waals surface area contributed by atoms with Gasteiger partial charge in [-0.05, 0) is 53.6 Å². The van der Waals surface area contributed by atoms with Gasteiger partial charge in [0.25, 0.3) is 0 Å². The van der Waals surface area contributed by atoms with Gasteiger partial charge in [-0.25, -0.2) is 0 Å². The molecule has 0 spiro atoms. The molecule has 2 N–H and O–H groups in total. The van der Waals surface area contributed by atoms with Crippen LogP contribution in [0.4, 0.5) is 0 Å². The Morgan fingerprint density at radius 2 is 1.37 bits per heavy atom. The van der Waals surface area contributed by atoms with Crippen LogP contribution in [0.15, 0.2) is 42.5 Å². The Balaban J connectivity index is 1.96. The van der Waals surface area contributed by atoms with Crippen LogP contribution in [-0.4, -0.2) is 10.2 Å². The molecular formula is C25H36O2. The lowest BCUT2D eigenvalue weighted by Gasteiger charge is -2.27. The summed E-state index contributed by atoms with van der Waals surface area (Å²) >= 11 is 0. The van der Waals surface area contributed by atoms with Gasteiger partial charge in [0.2, 0.25) is 0 Å². The fourth-order valence-electron chi connectivity index (χ4n) is 3.62. The molecule has 0 heterocycles. The van der Waals surface area contributed by atoms with Crippen molar-refractivity contribution in [3.05, 3.63) is 59.2 Å². The average molecular weight is 369 g/mol. The van der Waals surface area contributed by atoms with E-state index < -0.39 is 0 Å². The van der Waals surface area contributed by atoms with Crippen LogP contribution >= 0.6 is 0 Å². The van der Waals surface area contributed by atoms with Gasteiger partial charge in [0.1, 0.15) is 11.5 Å². The summed E-state index contributed by atoms with van der Waals surface area (Å²) in [6.45, 7) is 8.94. The van der Waals surface area contributed by atoms with E-state index in [1.54, 1.807) is 12.1 Å². The molecule has 0 amide bonds. The molecule has 2 aromatic rings. The minimum absolute atomic E-state index is 0.174. The van der Waals surface area contributed by atoms with E-state index >= 15 is 0 Å². The van der Waals surface area contributed by atoms with Crippen molar-refractivity contribution >= 4 is 0 Å². The van der Waals surface area contributed by atoms with Crippen LogP contribution in [0.5, 0.6) is 11.5 Å². The largest absolute Gasteiger partial charge is 0.508 e. The molecule has 0 saturated heterocycles. The predicted molar refractivity (Wildman–Crippen MR) is 115 cm³/mol. The van der Waals surface area contributed by atoms with Gasteiger partial charge in [0, 0.05) is 5.41 Å². The fourth-order valence-corrected chi connectivity index (χ4v) is 3.62. The third-order valence-electron chi connectivity index (χ3n) is 5.62. The van der Waals surface area contributed by atoms with E-state index in [9.17, 15) is 10.2 Å². The Labute approximate surface area is 165 Å². The standard InChI is InChI=1S/C25H36O2/c1-19(2)10-8-6-5-7-9-11-20-18-22(14-17-24(20)27)25(3,4)21-12-15-23(26)16-13-21/h12-19,26-27H,5-11H2,1-4H3. The van der Waals surface area contributed by atoms with Crippen LogP contribution in [-0.2, 0) is 11.8 Å². The maximum absolute atomic E-state index is 10.3. The van der Waals surface area contributed by atoms with Gasteiger partial charge >= 0.3 is 0 Å². The van der Waals surface area contributed by atoms with E-state index in [2.05, 4.69) is 33.8 Å². The summed E-state index contributed by atoms with van der Waals surface area (Å²) in [6, 6.07) is 13.4. The number of hydrogen-bond acceptors (Lipinski definition) is 2. The molecule has 148 valence electrons. The van der Waals surface area contributed by atoms with E-state index in [1.165, 1.54) is 37.7 Å². The molecule has 2 rings (SSSR count). The Kier molecular flexibility index (Phi) is 7.77. The monoisotopic (exact) mass is 368 g/mol. The van der Waals surface area contributed by atoms with Gasteiger partial charge in [0.15, 0.2) is 0 Å². The first-order valence-electron chi connectivity index (χ1n) is 10.4. The summed E-state index contributed by atoms with van der Waals surface area (Å²) in [5.41, 5.74) is 3.22. The first-order valence-corrected chi connectivity index (χ1v) is 10.4. The third-order valence-corrected chi connectivity index (χ3v) is 5.62. The highest BCUT2D eigenvalue weighted by molar-refractivity contribution is 5.44. The lowest BCUT2D eigenvalue weighted by molar-refractivity contribution is 0.464. The SMILES string of the molecule is CC(C)CCCCCCCc1cc(C(C)(C)c2ccc(O)cc2)ccc1O. The highest BCUT2D eigenvalue weighted by Gasteiger charge is 2.24. The van der Waals surface area contributed by atoms with E-state index in [1.807, 2.05) is 24.3 Å². The van der Waals surface area contributed by atoms with Crippen molar-refractivity contribution in [2.24, 2.45) is 5.92 Å². The van der Waals surface area contributed by atoms with E-state index in [0.717, 1.165) is 29.9 Å². The normalized spacial score (nSPS) is 11.9. The lowest BCUT2D eigenvalue weighted by atomic mass is 9.77. The number of benzene rings is 2. The number of unbranched alkanes of at least 4 members (excludes halogenated alkanes) is 4. The Hall–Kier alpha value is -1.96. The summed E-state index contributed by atoms with van der Waals surface area (Å²) < 4.78 is 0. The molecule has 0 fully saturated rings. The zero-order chi connectivity index (χ0) is 19.9. The second-order valence-corrected chi connectivity index (χ2v) is 8.72. The molecule has 2 aromatic carbocycles. The average Bonchev–Trinajstić information content (AvgIpc) is 2.62. The minimum Gasteiger partial charge on any atom is -0.508 e. The maximum atomic E-state index is 10.3. The summed E-state index contributed by atoms with van der Waals surface area (Å²) in [4.78, 5) is 0. The third kappa shape index (κ3) is 6.30. The molecule has 0 aliphatic heterocycles. The van der Waals surface area contributed by atoms with Crippen molar-refractivity contribution in [1.29, 1.82) is 0 Å². The van der Waals surface area contributed by atoms with Gasteiger partial charge in [-0.3, -0.25) is 0 Å². The Bertz CT molecular complexity index is 699. The zero-order valence-electron chi connectivity index (χ0n) is 17.5. The first kappa shape index (κ1) is 21.3. The molecule has 0 radical (unpaired) electrons. The van der Waals surface area contributed by atoms with E-state index in [4.69, 9.17) is 0 Å². The molecule has 0 atom stereocenters. The van der Waals surface area contributed by atoms with Gasteiger partial charge in [-0.1, -0.05) is 84.1 Å². The smallest absolute Gasteiger partial charge is 0.118 e. The van der Waals surface area contributed by atoms with Gasteiger partial charge in [-0.15, -0.1) is 0 Å². The van der Waals surface area contributed by atoms with E-state index in [-0.39, 0.29) is 11.2 Å². The van der Waals surface area contributed by atoms with Crippen molar-refractivity contribution in [1.82, 2.24) is 0 Å². The van der Waals surface area contributed by atoms with Crippen molar-refractivity contribution in [2.45, 2.75) is 78.1 Å². The van der Waals surface area contributed by atoms with Crippen LogP contribution in [0.25, 0.3) is 0 Å². The van der Waals surface area contributed by atoms with E-state index in [0.29, 0.717) is 5.75 Å². The molecule has 2 nitrogen and oxygen atoms in total. The molecular weight excluding hydrogens is 332 g/mol. The quantitative estimate of drug-likeness (QED) is 0.445. The van der Waals surface area contributed by atoms with Crippen LogP contribution in [0.2, 0.25) is 0 Å². The Morgan fingerprint density at radius 1 is 0.778 bits per heavy atom. The minimum atomic E-state index is -0.174. The molecule has 0 aromatic heterocycles. The first-order chi connectivity index (χ1) is 12.8. The van der Waals surface area contributed by atoms with Crippen LogP contribution in [0.3, 0.4) is 0 Å². The van der Waals surface area contributed by atoms with Gasteiger partial charge in [0.05, 0.1) is 0 Å². The van der Waals surface area contributed by atoms with Crippen LogP contribution in [0, 0.1) is 5.92 Å². The topological polar surface area (TPSA) is 40.5 Å². The molecule has 0 aliphatic rings. The highest BCUT2D eigenvalue weighted by Crippen LogP contribution is 2.35. The van der Waals surface area contributed by atoms with Crippen LogP contribution < -0.4 is 0 Å². The molecule has 2 heteroatoms. The summed E-state index contributed by atoms with van der Waals surface area (Å²) in [5, 5.41) is 19.8. The number of rotatable bonds is 10. The highest BCUT2D eigenvalue weighted by atomic mass is 16.3. The number of hydrogen-bond donors (Lipinski definition) is 2. The maximum Gasteiger partial charge on any atom is 0.118 e. The van der Waals surface area contributed by atoms with Crippen molar-refractivity contribution in [3.8, 4) is 11.5 Å². The molecule has 27 heavy (non-hydrogen) atoms. The van der Waals surface area contributed by atoms with Crippen LogP contribution in [0.1, 0.15) is 82.9 Å². The second kappa shape index (κ2) is 9.82. The predicted octanol–water partition coefficient (Wildman–Crippen LogP) is 6.96. The van der Waals surface area contributed by atoms with Crippen molar-refractivity contribution in [2.75, 3.05) is 0 Å². The summed E-state index contributed by atoms with van der Waals surface area (Å²) in [7, 11) is 0. The molecule has 0 unspecified atom stereocenters.